The number of thiazole rings is 1. The van der Waals surface area contributed by atoms with Crippen molar-refractivity contribution in [3.63, 3.8) is 0 Å². The van der Waals surface area contributed by atoms with Gasteiger partial charge in [-0.05, 0) is 32.4 Å². The Bertz CT molecular complexity index is 529. The summed E-state index contributed by atoms with van der Waals surface area (Å²) >= 11 is 1.58. The molecule has 0 radical (unpaired) electrons. The third-order valence-corrected chi connectivity index (χ3v) is 3.88. The fraction of sp³-hybridized carbons (Fsp3) is 0.385. The van der Waals surface area contributed by atoms with Gasteiger partial charge in [0.2, 0.25) is 0 Å². The van der Waals surface area contributed by atoms with E-state index in [0.717, 1.165) is 16.4 Å². The van der Waals surface area contributed by atoms with Crippen molar-refractivity contribution in [1.82, 2.24) is 9.97 Å². The smallest absolute Gasteiger partial charge is 0.309 e. The number of H-pyrrole nitrogens is 1. The summed E-state index contributed by atoms with van der Waals surface area (Å²) in [5.41, 5.74) is 1.22. The van der Waals surface area contributed by atoms with Crippen molar-refractivity contribution < 1.29 is 9.90 Å². The fourth-order valence-electron chi connectivity index (χ4n) is 1.57. The quantitative estimate of drug-likeness (QED) is 0.871. The van der Waals surface area contributed by atoms with E-state index in [1.54, 1.807) is 25.2 Å². The van der Waals surface area contributed by atoms with Crippen LogP contribution in [0.15, 0.2) is 23.7 Å². The van der Waals surface area contributed by atoms with E-state index in [-0.39, 0.29) is 0 Å². The van der Waals surface area contributed by atoms with Crippen molar-refractivity contribution in [2.75, 3.05) is 0 Å². The highest BCUT2D eigenvalue weighted by atomic mass is 32.1. The second-order valence-electron chi connectivity index (χ2n) is 4.90. The highest BCUT2D eigenvalue weighted by Crippen LogP contribution is 2.26. The molecule has 5 heteroatoms. The molecule has 0 aromatic carbocycles. The molecule has 0 atom stereocenters. The van der Waals surface area contributed by atoms with Gasteiger partial charge >= 0.3 is 5.97 Å². The maximum Gasteiger partial charge on any atom is 0.309 e. The number of aromatic amines is 1. The molecule has 18 heavy (non-hydrogen) atoms. The molecule has 0 aliphatic carbocycles. The molecule has 2 aromatic rings. The van der Waals surface area contributed by atoms with E-state index in [0.29, 0.717) is 12.8 Å². The summed E-state index contributed by atoms with van der Waals surface area (Å²) in [6.45, 7) is 3.49. The zero-order chi connectivity index (χ0) is 13.2. The van der Waals surface area contributed by atoms with Gasteiger partial charge in [0.15, 0.2) is 0 Å². The first-order valence-corrected chi connectivity index (χ1v) is 6.68. The lowest BCUT2D eigenvalue weighted by molar-refractivity contribution is -0.147. The summed E-state index contributed by atoms with van der Waals surface area (Å²) in [5, 5.41) is 12.0. The standard InChI is InChI=1S/C13H16N2O2S/c1-13(2,12(16)17)6-5-11-15-10(8-18-11)9-4-3-7-14-9/h3-4,7-8,14H,5-6H2,1-2H3,(H,16,17). The van der Waals surface area contributed by atoms with Crippen LogP contribution in [0, 0.1) is 5.41 Å². The van der Waals surface area contributed by atoms with E-state index < -0.39 is 11.4 Å². The van der Waals surface area contributed by atoms with Gasteiger partial charge in [-0.1, -0.05) is 0 Å². The molecule has 0 unspecified atom stereocenters. The predicted octanol–water partition coefficient (Wildman–Crippen LogP) is 3.18. The maximum absolute atomic E-state index is 11.0. The van der Waals surface area contributed by atoms with E-state index in [1.807, 2.05) is 23.7 Å². The number of hydrogen-bond acceptors (Lipinski definition) is 3. The summed E-state index contributed by atoms with van der Waals surface area (Å²) in [6, 6.07) is 3.90. The molecule has 2 N–H and O–H groups in total. The summed E-state index contributed by atoms with van der Waals surface area (Å²) in [5.74, 6) is -0.761. The molecule has 0 spiro atoms. The van der Waals surface area contributed by atoms with Gasteiger partial charge in [-0.15, -0.1) is 11.3 Å². The van der Waals surface area contributed by atoms with Crippen LogP contribution in [0.5, 0.6) is 0 Å². The first kappa shape index (κ1) is 12.8. The first-order valence-electron chi connectivity index (χ1n) is 5.80. The average Bonchev–Trinajstić information content (AvgIpc) is 2.97. The second-order valence-corrected chi connectivity index (χ2v) is 5.84. The molecule has 4 nitrogen and oxygen atoms in total. The van der Waals surface area contributed by atoms with E-state index in [1.165, 1.54) is 0 Å². The van der Waals surface area contributed by atoms with Gasteiger partial charge in [0.05, 0.1) is 21.8 Å². The Kier molecular flexibility index (Phi) is 3.52. The van der Waals surface area contributed by atoms with Crippen LogP contribution >= 0.6 is 11.3 Å². The van der Waals surface area contributed by atoms with Crippen LogP contribution in [0.2, 0.25) is 0 Å². The Morgan fingerprint density at radius 1 is 1.56 bits per heavy atom. The van der Waals surface area contributed by atoms with Crippen LogP contribution in [0.3, 0.4) is 0 Å². The zero-order valence-corrected chi connectivity index (χ0v) is 11.3. The fourth-order valence-corrected chi connectivity index (χ4v) is 2.36. The number of nitrogens with zero attached hydrogens (tertiary/aromatic N) is 1. The topological polar surface area (TPSA) is 66.0 Å². The van der Waals surface area contributed by atoms with E-state index in [9.17, 15) is 4.79 Å². The van der Waals surface area contributed by atoms with Crippen molar-refractivity contribution in [1.29, 1.82) is 0 Å². The normalized spacial score (nSPS) is 11.7. The third kappa shape index (κ3) is 2.79. The number of carboxylic acids is 1. The summed E-state index contributed by atoms with van der Waals surface area (Å²) in [4.78, 5) is 18.6. The molecule has 0 saturated heterocycles. The Labute approximate surface area is 110 Å². The molecule has 0 fully saturated rings. The number of aryl methyl sites for hydroxylation is 1. The SMILES string of the molecule is CC(C)(CCc1nc(-c2ccc[nH]2)cs1)C(=O)O. The largest absolute Gasteiger partial charge is 0.481 e. The molecule has 0 saturated carbocycles. The Morgan fingerprint density at radius 3 is 2.94 bits per heavy atom. The highest BCUT2D eigenvalue weighted by molar-refractivity contribution is 7.09. The predicted molar refractivity (Wildman–Crippen MR) is 71.6 cm³/mol. The lowest BCUT2D eigenvalue weighted by atomic mass is 9.88. The third-order valence-electron chi connectivity index (χ3n) is 2.97. The van der Waals surface area contributed by atoms with E-state index in [4.69, 9.17) is 5.11 Å². The minimum Gasteiger partial charge on any atom is -0.481 e. The molecule has 2 rings (SSSR count). The Morgan fingerprint density at radius 2 is 2.33 bits per heavy atom. The van der Waals surface area contributed by atoms with Gasteiger partial charge in [-0.3, -0.25) is 4.79 Å². The van der Waals surface area contributed by atoms with Crippen molar-refractivity contribution in [2.24, 2.45) is 5.41 Å². The molecule has 0 amide bonds. The molecular weight excluding hydrogens is 248 g/mol. The van der Waals surface area contributed by atoms with Gasteiger partial charge in [0.25, 0.3) is 0 Å². The van der Waals surface area contributed by atoms with Gasteiger partial charge in [-0.2, -0.15) is 0 Å². The van der Waals surface area contributed by atoms with E-state index >= 15 is 0 Å². The molecule has 2 aromatic heterocycles. The van der Waals surface area contributed by atoms with Crippen molar-refractivity contribution in [3.8, 4) is 11.4 Å². The number of carbonyl (C=O) groups is 1. The molecule has 0 aliphatic rings. The van der Waals surface area contributed by atoms with E-state index in [2.05, 4.69) is 9.97 Å². The van der Waals surface area contributed by atoms with Crippen molar-refractivity contribution in [2.45, 2.75) is 26.7 Å². The number of hydrogen-bond donors (Lipinski definition) is 2. The van der Waals surface area contributed by atoms with Gasteiger partial charge in [0.1, 0.15) is 0 Å². The molecule has 0 bridgehead atoms. The zero-order valence-electron chi connectivity index (χ0n) is 10.4. The monoisotopic (exact) mass is 264 g/mol. The number of nitrogens with one attached hydrogen (secondary N) is 1. The van der Waals surface area contributed by atoms with Crippen molar-refractivity contribution >= 4 is 17.3 Å². The molecular formula is C13H16N2O2S. The summed E-state index contributed by atoms with van der Waals surface area (Å²) in [7, 11) is 0. The lowest BCUT2D eigenvalue weighted by Crippen LogP contribution is -2.24. The lowest BCUT2D eigenvalue weighted by Gasteiger charge is -2.17. The van der Waals surface area contributed by atoms with Crippen LogP contribution in [0.4, 0.5) is 0 Å². The maximum atomic E-state index is 11.0. The second kappa shape index (κ2) is 4.94. The first-order chi connectivity index (χ1) is 8.49. The molecule has 2 heterocycles. The number of rotatable bonds is 5. The molecule has 0 aliphatic heterocycles. The average molecular weight is 264 g/mol. The van der Waals surface area contributed by atoms with Crippen LogP contribution in [0.25, 0.3) is 11.4 Å². The summed E-state index contributed by atoms with van der Waals surface area (Å²) < 4.78 is 0. The Hall–Kier alpha value is -1.62. The number of carboxylic acid groups (broad SMARTS) is 1. The number of aliphatic carboxylic acids is 1. The highest BCUT2D eigenvalue weighted by Gasteiger charge is 2.26. The Balaban J connectivity index is 2.02. The minimum atomic E-state index is -0.761. The van der Waals surface area contributed by atoms with Gasteiger partial charge < -0.3 is 10.1 Å². The van der Waals surface area contributed by atoms with Crippen LogP contribution in [-0.2, 0) is 11.2 Å². The van der Waals surface area contributed by atoms with Crippen LogP contribution < -0.4 is 0 Å². The molecule has 96 valence electrons. The summed E-state index contributed by atoms with van der Waals surface area (Å²) in [6.07, 6.45) is 3.16. The number of aromatic nitrogens is 2. The van der Waals surface area contributed by atoms with Crippen LogP contribution in [0.1, 0.15) is 25.3 Å². The minimum absolute atomic E-state index is 0.597. The van der Waals surface area contributed by atoms with Crippen LogP contribution in [-0.4, -0.2) is 21.0 Å². The van der Waals surface area contributed by atoms with Gasteiger partial charge in [0, 0.05) is 18.0 Å². The van der Waals surface area contributed by atoms with Crippen molar-refractivity contribution in [3.05, 3.63) is 28.7 Å². The van der Waals surface area contributed by atoms with Gasteiger partial charge in [-0.25, -0.2) is 4.98 Å².